The summed E-state index contributed by atoms with van der Waals surface area (Å²) in [5, 5.41) is 2.90. The standard InChI is InChI=1S/C13H17NO2/c1-2-7-14-13(15)8-10-9-16-12-6-4-3-5-11(10)12/h3-6,10H,2,7-9H2,1H3,(H,14,15). The van der Waals surface area contributed by atoms with Crippen LogP contribution in [0.3, 0.4) is 0 Å². The van der Waals surface area contributed by atoms with Gasteiger partial charge < -0.3 is 10.1 Å². The van der Waals surface area contributed by atoms with Crippen LogP contribution in [0, 0.1) is 0 Å². The first-order chi connectivity index (χ1) is 7.81. The number of fused-ring (bicyclic) bond motifs is 1. The summed E-state index contributed by atoms with van der Waals surface area (Å²) in [4.78, 5) is 11.6. The third-order valence-corrected chi connectivity index (χ3v) is 2.80. The molecular formula is C13H17NO2. The van der Waals surface area contributed by atoms with Crippen molar-refractivity contribution in [3.63, 3.8) is 0 Å². The second-order valence-electron chi connectivity index (χ2n) is 4.10. The minimum Gasteiger partial charge on any atom is -0.493 e. The Morgan fingerprint density at radius 1 is 1.50 bits per heavy atom. The zero-order valence-corrected chi connectivity index (χ0v) is 9.53. The Hall–Kier alpha value is -1.51. The van der Waals surface area contributed by atoms with E-state index in [1.165, 1.54) is 0 Å². The lowest BCUT2D eigenvalue weighted by Gasteiger charge is -2.08. The van der Waals surface area contributed by atoms with Crippen LogP contribution in [-0.2, 0) is 4.79 Å². The smallest absolute Gasteiger partial charge is 0.220 e. The number of benzene rings is 1. The van der Waals surface area contributed by atoms with E-state index in [9.17, 15) is 4.79 Å². The summed E-state index contributed by atoms with van der Waals surface area (Å²) in [6.45, 7) is 3.43. The predicted octanol–water partition coefficient (Wildman–Crippen LogP) is 2.08. The summed E-state index contributed by atoms with van der Waals surface area (Å²) < 4.78 is 5.54. The van der Waals surface area contributed by atoms with E-state index in [4.69, 9.17) is 4.74 Å². The molecule has 3 nitrogen and oxygen atoms in total. The molecule has 86 valence electrons. The quantitative estimate of drug-likeness (QED) is 0.842. The SMILES string of the molecule is CCCNC(=O)CC1COc2ccccc21. The molecule has 1 aliphatic heterocycles. The van der Waals surface area contributed by atoms with Gasteiger partial charge in [0.05, 0.1) is 6.61 Å². The highest BCUT2D eigenvalue weighted by Gasteiger charge is 2.25. The molecule has 16 heavy (non-hydrogen) atoms. The van der Waals surface area contributed by atoms with Gasteiger partial charge in [0.1, 0.15) is 5.75 Å². The third kappa shape index (κ3) is 2.35. The third-order valence-electron chi connectivity index (χ3n) is 2.80. The van der Waals surface area contributed by atoms with Gasteiger partial charge in [-0.3, -0.25) is 4.79 Å². The van der Waals surface area contributed by atoms with Gasteiger partial charge in [0.15, 0.2) is 0 Å². The van der Waals surface area contributed by atoms with E-state index in [2.05, 4.69) is 5.32 Å². The van der Waals surface area contributed by atoms with Crippen molar-refractivity contribution >= 4 is 5.91 Å². The van der Waals surface area contributed by atoms with Gasteiger partial charge >= 0.3 is 0 Å². The van der Waals surface area contributed by atoms with Crippen LogP contribution in [0.25, 0.3) is 0 Å². The first-order valence-electron chi connectivity index (χ1n) is 5.79. The molecule has 1 aromatic rings. The van der Waals surface area contributed by atoms with Crippen LogP contribution in [-0.4, -0.2) is 19.1 Å². The van der Waals surface area contributed by atoms with Crippen molar-refractivity contribution in [1.29, 1.82) is 0 Å². The van der Waals surface area contributed by atoms with Gasteiger partial charge in [0.2, 0.25) is 5.91 Å². The molecule has 0 aliphatic carbocycles. The summed E-state index contributed by atoms with van der Waals surface area (Å²) >= 11 is 0. The van der Waals surface area contributed by atoms with Crippen LogP contribution >= 0.6 is 0 Å². The van der Waals surface area contributed by atoms with Crippen LogP contribution in [0.1, 0.15) is 31.2 Å². The zero-order chi connectivity index (χ0) is 11.4. The average Bonchev–Trinajstić information content (AvgIpc) is 2.70. The molecule has 0 spiro atoms. The Kier molecular flexibility index (Phi) is 3.44. The summed E-state index contributed by atoms with van der Waals surface area (Å²) in [6, 6.07) is 7.95. The number of para-hydroxylation sites is 1. The van der Waals surface area contributed by atoms with Crippen molar-refractivity contribution in [3.05, 3.63) is 29.8 Å². The molecule has 0 radical (unpaired) electrons. The van der Waals surface area contributed by atoms with Gasteiger partial charge in [-0.05, 0) is 12.5 Å². The highest BCUT2D eigenvalue weighted by atomic mass is 16.5. The molecule has 0 saturated heterocycles. The van der Waals surface area contributed by atoms with E-state index in [-0.39, 0.29) is 11.8 Å². The van der Waals surface area contributed by atoms with Crippen LogP contribution in [0.4, 0.5) is 0 Å². The highest BCUT2D eigenvalue weighted by Crippen LogP contribution is 2.35. The molecule has 1 aromatic carbocycles. The molecule has 1 atom stereocenters. The fourth-order valence-corrected chi connectivity index (χ4v) is 1.96. The van der Waals surface area contributed by atoms with Crippen molar-refractivity contribution in [3.8, 4) is 5.75 Å². The number of nitrogens with one attached hydrogen (secondary N) is 1. The number of hydrogen-bond acceptors (Lipinski definition) is 2. The lowest BCUT2D eigenvalue weighted by Crippen LogP contribution is -2.26. The molecule has 1 N–H and O–H groups in total. The normalized spacial score (nSPS) is 17.7. The topological polar surface area (TPSA) is 38.3 Å². The van der Waals surface area contributed by atoms with Crippen molar-refractivity contribution < 1.29 is 9.53 Å². The lowest BCUT2D eigenvalue weighted by atomic mass is 9.97. The van der Waals surface area contributed by atoms with E-state index < -0.39 is 0 Å². The maximum atomic E-state index is 11.6. The molecule has 1 heterocycles. The minimum atomic E-state index is 0.118. The molecule has 0 saturated carbocycles. The molecule has 3 heteroatoms. The number of amides is 1. The molecule has 0 aromatic heterocycles. The van der Waals surface area contributed by atoms with Crippen molar-refractivity contribution in [2.24, 2.45) is 0 Å². The maximum absolute atomic E-state index is 11.6. The average molecular weight is 219 g/mol. The monoisotopic (exact) mass is 219 g/mol. The Bertz CT molecular complexity index is 376. The van der Waals surface area contributed by atoms with Gasteiger partial charge in [-0.25, -0.2) is 0 Å². The van der Waals surface area contributed by atoms with Gasteiger partial charge in [-0.1, -0.05) is 25.1 Å². The van der Waals surface area contributed by atoms with Crippen LogP contribution in [0.5, 0.6) is 5.75 Å². The predicted molar refractivity (Wildman–Crippen MR) is 62.6 cm³/mol. The van der Waals surface area contributed by atoms with Crippen molar-refractivity contribution in [2.45, 2.75) is 25.7 Å². The van der Waals surface area contributed by atoms with E-state index in [1.54, 1.807) is 0 Å². The molecule has 1 unspecified atom stereocenters. The number of carbonyl (C=O) groups excluding carboxylic acids is 1. The Morgan fingerprint density at radius 3 is 3.12 bits per heavy atom. The first-order valence-corrected chi connectivity index (χ1v) is 5.79. The Balaban J connectivity index is 1.95. The second-order valence-corrected chi connectivity index (χ2v) is 4.10. The number of hydrogen-bond donors (Lipinski definition) is 1. The summed E-state index contributed by atoms with van der Waals surface area (Å²) in [6.07, 6.45) is 1.50. The minimum absolute atomic E-state index is 0.118. The fraction of sp³-hybridized carbons (Fsp3) is 0.462. The second kappa shape index (κ2) is 5.01. The van der Waals surface area contributed by atoms with Gasteiger partial charge in [0.25, 0.3) is 0 Å². The number of ether oxygens (including phenoxy) is 1. The Morgan fingerprint density at radius 2 is 2.31 bits per heavy atom. The van der Waals surface area contributed by atoms with Crippen molar-refractivity contribution in [2.75, 3.05) is 13.2 Å². The largest absolute Gasteiger partial charge is 0.493 e. The zero-order valence-electron chi connectivity index (χ0n) is 9.53. The van der Waals surface area contributed by atoms with Crippen molar-refractivity contribution in [1.82, 2.24) is 5.32 Å². The van der Waals surface area contributed by atoms with E-state index >= 15 is 0 Å². The molecule has 1 aliphatic rings. The highest BCUT2D eigenvalue weighted by molar-refractivity contribution is 5.77. The number of rotatable bonds is 4. The fourth-order valence-electron chi connectivity index (χ4n) is 1.96. The molecule has 1 amide bonds. The van der Waals surface area contributed by atoms with E-state index in [0.717, 1.165) is 24.3 Å². The molecule has 2 rings (SSSR count). The maximum Gasteiger partial charge on any atom is 0.220 e. The summed E-state index contributed by atoms with van der Waals surface area (Å²) in [5.74, 6) is 1.26. The van der Waals surface area contributed by atoms with Crippen LogP contribution in [0.2, 0.25) is 0 Å². The summed E-state index contributed by atoms with van der Waals surface area (Å²) in [5.41, 5.74) is 1.16. The molecule has 0 bridgehead atoms. The molecular weight excluding hydrogens is 202 g/mol. The molecule has 0 fully saturated rings. The lowest BCUT2D eigenvalue weighted by molar-refractivity contribution is -0.121. The van der Waals surface area contributed by atoms with Gasteiger partial charge in [0, 0.05) is 24.4 Å². The first kappa shape index (κ1) is 11.0. The number of carbonyl (C=O) groups is 1. The van der Waals surface area contributed by atoms with Crippen LogP contribution < -0.4 is 10.1 Å². The Labute approximate surface area is 95.8 Å². The summed E-state index contributed by atoms with van der Waals surface area (Å²) in [7, 11) is 0. The van der Waals surface area contributed by atoms with Gasteiger partial charge in [-0.15, -0.1) is 0 Å². The van der Waals surface area contributed by atoms with Crippen LogP contribution in [0.15, 0.2) is 24.3 Å². The van der Waals surface area contributed by atoms with E-state index in [0.29, 0.717) is 13.0 Å². The van der Waals surface area contributed by atoms with Gasteiger partial charge in [-0.2, -0.15) is 0 Å². The van der Waals surface area contributed by atoms with E-state index in [1.807, 2.05) is 31.2 Å².